The Balaban J connectivity index is 1.64. The van der Waals surface area contributed by atoms with E-state index in [0.717, 1.165) is 11.1 Å². The van der Waals surface area contributed by atoms with Crippen LogP contribution in [0.3, 0.4) is 0 Å². The van der Waals surface area contributed by atoms with Crippen molar-refractivity contribution in [3.8, 4) is 5.82 Å². The number of thioether (sulfide) groups is 1. The number of rotatable bonds is 6. The molecule has 1 atom stereocenters. The van der Waals surface area contributed by atoms with Gasteiger partial charge in [0.25, 0.3) is 5.56 Å². The van der Waals surface area contributed by atoms with Gasteiger partial charge in [-0.15, -0.1) is 0 Å². The van der Waals surface area contributed by atoms with E-state index >= 15 is 0 Å². The molecule has 1 N–H and O–H groups in total. The Morgan fingerprint density at radius 1 is 1.16 bits per heavy atom. The molecule has 0 aliphatic heterocycles. The zero-order chi connectivity index (χ0) is 22.7. The second kappa shape index (κ2) is 9.32. The summed E-state index contributed by atoms with van der Waals surface area (Å²) >= 11 is 1.19. The molecular weight excluding hydrogens is 427 g/mol. The van der Waals surface area contributed by atoms with Crippen molar-refractivity contribution in [1.29, 1.82) is 0 Å². The molecule has 1 amide bonds. The SMILES string of the molecule is Cc1ccnc(-n2c(SC(C)C(=O)NCc3ccc(F)cc3)nc3ccccc3c2=O)c1. The van der Waals surface area contributed by atoms with E-state index in [-0.39, 0.29) is 23.8 Å². The molecule has 0 saturated heterocycles. The summed E-state index contributed by atoms with van der Waals surface area (Å²) in [6.45, 7) is 3.95. The van der Waals surface area contributed by atoms with Crippen LogP contribution in [0.15, 0.2) is 76.8 Å². The number of aromatic nitrogens is 3. The van der Waals surface area contributed by atoms with Crippen molar-refractivity contribution >= 4 is 28.6 Å². The Labute approximate surface area is 188 Å². The van der Waals surface area contributed by atoms with Gasteiger partial charge in [0.15, 0.2) is 5.16 Å². The van der Waals surface area contributed by atoms with Gasteiger partial charge in [0.05, 0.1) is 16.2 Å². The highest BCUT2D eigenvalue weighted by atomic mass is 32.2. The number of para-hydroxylation sites is 1. The van der Waals surface area contributed by atoms with Crippen LogP contribution in [0.2, 0.25) is 0 Å². The molecule has 4 rings (SSSR count). The van der Waals surface area contributed by atoms with Crippen molar-refractivity contribution in [2.75, 3.05) is 0 Å². The fourth-order valence-electron chi connectivity index (χ4n) is 3.18. The predicted octanol–water partition coefficient (Wildman–Crippen LogP) is 4.03. The molecule has 0 aliphatic rings. The summed E-state index contributed by atoms with van der Waals surface area (Å²) in [5.41, 5.74) is 2.07. The Hall–Kier alpha value is -3.52. The number of halogens is 1. The highest BCUT2D eigenvalue weighted by Crippen LogP contribution is 2.25. The van der Waals surface area contributed by atoms with Crippen molar-refractivity contribution < 1.29 is 9.18 Å². The first-order valence-corrected chi connectivity index (χ1v) is 10.9. The number of fused-ring (bicyclic) bond motifs is 1. The fourth-order valence-corrected chi connectivity index (χ4v) is 4.12. The second-order valence-corrected chi connectivity index (χ2v) is 8.66. The smallest absolute Gasteiger partial charge is 0.267 e. The molecular formula is C24H21FN4O2S. The summed E-state index contributed by atoms with van der Waals surface area (Å²) in [5.74, 6) is -0.0886. The standard InChI is InChI=1S/C24H21FN4O2S/c1-15-11-12-26-21(13-15)29-23(31)19-5-3-4-6-20(19)28-24(29)32-16(2)22(30)27-14-17-7-9-18(25)10-8-17/h3-13,16H,14H2,1-2H3,(H,27,30). The van der Waals surface area contributed by atoms with E-state index in [1.165, 1.54) is 28.5 Å². The molecule has 4 aromatic rings. The van der Waals surface area contributed by atoms with Crippen molar-refractivity contribution in [2.45, 2.75) is 30.8 Å². The molecule has 2 aromatic heterocycles. The quantitative estimate of drug-likeness (QED) is 0.356. The average Bonchev–Trinajstić information content (AvgIpc) is 2.78. The minimum Gasteiger partial charge on any atom is -0.351 e. The van der Waals surface area contributed by atoms with Gasteiger partial charge < -0.3 is 5.32 Å². The Bertz CT molecular complexity index is 1340. The molecule has 0 radical (unpaired) electrons. The predicted molar refractivity (Wildman–Crippen MR) is 123 cm³/mol. The van der Waals surface area contributed by atoms with Crippen LogP contribution in [-0.4, -0.2) is 25.7 Å². The van der Waals surface area contributed by atoms with Crippen molar-refractivity contribution in [3.63, 3.8) is 0 Å². The molecule has 6 nitrogen and oxygen atoms in total. The molecule has 1 unspecified atom stereocenters. The molecule has 162 valence electrons. The van der Waals surface area contributed by atoms with E-state index in [9.17, 15) is 14.0 Å². The van der Waals surface area contributed by atoms with Gasteiger partial charge >= 0.3 is 0 Å². The number of nitrogens with zero attached hydrogens (tertiary/aromatic N) is 3. The molecule has 0 saturated carbocycles. The van der Waals surface area contributed by atoms with Gasteiger partial charge in [0.2, 0.25) is 5.91 Å². The molecule has 32 heavy (non-hydrogen) atoms. The lowest BCUT2D eigenvalue weighted by molar-refractivity contribution is -0.120. The maximum Gasteiger partial charge on any atom is 0.267 e. The van der Waals surface area contributed by atoms with E-state index in [4.69, 9.17) is 0 Å². The number of pyridine rings is 1. The Morgan fingerprint density at radius 3 is 2.66 bits per heavy atom. The maximum absolute atomic E-state index is 13.3. The molecule has 0 spiro atoms. The van der Waals surface area contributed by atoms with Gasteiger partial charge in [-0.05, 0) is 61.4 Å². The molecule has 0 fully saturated rings. The summed E-state index contributed by atoms with van der Waals surface area (Å²) < 4.78 is 14.5. The van der Waals surface area contributed by atoms with Crippen LogP contribution in [0.4, 0.5) is 4.39 Å². The summed E-state index contributed by atoms with van der Waals surface area (Å²) in [4.78, 5) is 35.0. The van der Waals surface area contributed by atoms with E-state index < -0.39 is 5.25 Å². The molecule has 0 bridgehead atoms. The monoisotopic (exact) mass is 448 g/mol. The molecule has 0 aliphatic carbocycles. The lowest BCUT2D eigenvalue weighted by Crippen LogP contribution is -2.31. The van der Waals surface area contributed by atoms with Crippen LogP contribution in [-0.2, 0) is 11.3 Å². The van der Waals surface area contributed by atoms with E-state index in [0.29, 0.717) is 21.9 Å². The number of hydrogen-bond donors (Lipinski definition) is 1. The van der Waals surface area contributed by atoms with E-state index in [2.05, 4.69) is 15.3 Å². The zero-order valence-corrected chi connectivity index (χ0v) is 18.4. The van der Waals surface area contributed by atoms with Crippen molar-refractivity contribution in [3.05, 3.63) is 94.2 Å². The lowest BCUT2D eigenvalue weighted by Gasteiger charge is -2.16. The number of aryl methyl sites for hydroxylation is 1. The van der Waals surface area contributed by atoms with Gasteiger partial charge in [-0.1, -0.05) is 36.0 Å². The molecule has 8 heteroatoms. The molecule has 2 heterocycles. The van der Waals surface area contributed by atoms with Gasteiger partial charge in [0.1, 0.15) is 11.6 Å². The third kappa shape index (κ3) is 4.70. The number of carbonyl (C=O) groups is 1. The van der Waals surface area contributed by atoms with Crippen LogP contribution in [0, 0.1) is 12.7 Å². The summed E-state index contributed by atoms with van der Waals surface area (Å²) in [6, 6.07) is 16.7. The Morgan fingerprint density at radius 2 is 1.91 bits per heavy atom. The number of hydrogen-bond acceptors (Lipinski definition) is 5. The summed E-state index contributed by atoms with van der Waals surface area (Å²) in [6.07, 6.45) is 1.64. The van der Waals surface area contributed by atoms with Crippen molar-refractivity contribution in [2.24, 2.45) is 0 Å². The van der Waals surface area contributed by atoms with E-state index in [1.807, 2.05) is 19.1 Å². The van der Waals surface area contributed by atoms with Crippen LogP contribution in [0.25, 0.3) is 16.7 Å². The average molecular weight is 449 g/mol. The second-order valence-electron chi connectivity index (χ2n) is 7.35. The van der Waals surface area contributed by atoms with Gasteiger partial charge in [-0.3, -0.25) is 9.59 Å². The number of amides is 1. The maximum atomic E-state index is 13.3. The number of carbonyl (C=O) groups excluding carboxylic acids is 1. The van der Waals surface area contributed by atoms with Crippen molar-refractivity contribution in [1.82, 2.24) is 19.9 Å². The van der Waals surface area contributed by atoms with Crippen LogP contribution < -0.4 is 10.9 Å². The Kier molecular flexibility index (Phi) is 6.32. The summed E-state index contributed by atoms with van der Waals surface area (Å²) in [5, 5.41) is 3.18. The minimum atomic E-state index is -0.528. The normalized spacial score (nSPS) is 12.0. The molecule has 2 aromatic carbocycles. The van der Waals surface area contributed by atoms with E-state index in [1.54, 1.807) is 49.5 Å². The van der Waals surface area contributed by atoms with Gasteiger partial charge in [-0.25, -0.2) is 18.9 Å². The topological polar surface area (TPSA) is 76.9 Å². The lowest BCUT2D eigenvalue weighted by atomic mass is 10.2. The third-order valence-corrected chi connectivity index (χ3v) is 5.96. The summed E-state index contributed by atoms with van der Waals surface area (Å²) in [7, 11) is 0. The van der Waals surface area contributed by atoms with Crippen LogP contribution in [0.1, 0.15) is 18.1 Å². The first-order chi connectivity index (χ1) is 15.4. The number of nitrogens with one attached hydrogen (secondary N) is 1. The van der Waals surface area contributed by atoms with Gasteiger partial charge in [0, 0.05) is 12.7 Å². The van der Waals surface area contributed by atoms with Crippen LogP contribution in [0.5, 0.6) is 0 Å². The van der Waals surface area contributed by atoms with Gasteiger partial charge in [-0.2, -0.15) is 0 Å². The fraction of sp³-hybridized carbons (Fsp3) is 0.167. The number of benzene rings is 2. The largest absolute Gasteiger partial charge is 0.351 e. The van der Waals surface area contributed by atoms with Crippen LogP contribution >= 0.6 is 11.8 Å². The minimum absolute atomic E-state index is 0.217. The highest BCUT2D eigenvalue weighted by molar-refractivity contribution is 8.00. The first-order valence-electron chi connectivity index (χ1n) is 10.1. The highest BCUT2D eigenvalue weighted by Gasteiger charge is 2.20. The third-order valence-electron chi connectivity index (χ3n) is 4.91. The zero-order valence-electron chi connectivity index (χ0n) is 17.6. The first kappa shape index (κ1) is 21.7.